The van der Waals surface area contributed by atoms with Crippen molar-refractivity contribution in [3.05, 3.63) is 34.9 Å². The third-order valence-electron chi connectivity index (χ3n) is 3.59. The smallest absolute Gasteiger partial charge is 0.160 e. The van der Waals surface area contributed by atoms with Crippen molar-refractivity contribution >= 4 is 19.7 Å². The molecule has 20 heavy (non-hydrogen) atoms. The molecule has 0 spiro atoms. The second-order valence-electron chi connectivity index (χ2n) is 5.42. The van der Waals surface area contributed by atoms with Gasteiger partial charge in [0.05, 0.1) is 23.4 Å². The fourth-order valence-corrected chi connectivity index (χ4v) is 7.14. The lowest BCUT2D eigenvalue weighted by Crippen LogP contribution is -2.33. The molecule has 0 amide bonds. The van der Waals surface area contributed by atoms with Gasteiger partial charge < -0.3 is 5.11 Å². The minimum absolute atomic E-state index is 0.238. The first-order chi connectivity index (χ1) is 9.11. The van der Waals surface area contributed by atoms with Crippen LogP contribution in [0.25, 0.3) is 0 Å². The number of aliphatic hydroxyl groups is 1. The normalized spacial score (nSPS) is 25.8. The van der Waals surface area contributed by atoms with Crippen LogP contribution in [0.2, 0.25) is 0 Å². The predicted octanol–water partition coefficient (Wildman–Crippen LogP) is 0.376. The van der Waals surface area contributed by atoms with Crippen LogP contribution >= 0.6 is 0 Å². The molecule has 112 valence electrons. The second-order valence-corrected chi connectivity index (χ2v) is 9.79. The summed E-state index contributed by atoms with van der Waals surface area (Å²) in [6.45, 7) is 3.68. The van der Waals surface area contributed by atoms with Crippen molar-refractivity contribution in [2.24, 2.45) is 0 Å². The highest BCUT2D eigenvalue weighted by atomic mass is 32.2. The highest BCUT2D eigenvalue weighted by molar-refractivity contribution is 7.96. The summed E-state index contributed by atoms with van der Waals surface area (Å²) in [6.07, 6.45) is -1.32. The average molecular weight is 318 g/mol. The zero-order valence-electron chi connectivity index (χ0n) is 11.4. The lowest BCUT2D eigenvalue weighted by Gasteiger charge is -2.15. The van der Waals surface area contributed by atoms with Crippen LogP contribution in [0.15, 0.2) is 18.2 Å². The van der Waals surface area contributed by atoms with Crippen molar-refractivity contribution in [3.8, 4) is 0 Å². The average Bonchev–Trinajstić information content (AvgIpc) is 2.58. The Morgan fingerprint density at radius 1 is 1.25 bits per heavy atom. The summed E-state index contributed by atoms with van der Waals surface area (Å²) in [5, 5.41) is 8.49. The van der Waals surface area contributed by atoms with Gasteiger partial charge >= 0.3 is 0 Å². The lowest BCUT2D eigenvalue weighted by molar-refractivity contribution is 0.204. The Kier molecular flexibility index (Phi) is 3.96. The summed E-state index contributed by atoms with van der Waals surface area (Å²) in [6, 6.07) is 5.51. The van der Waals surface area contributed by atoms with E-state index in [0.29, 0.717) is 5.56 Å². The Hall–Kier alpha value is -0.920. The number of rotatable bonds is 3. The molecule has 0 saturated carbocycles. The van der Waals surface area contributed by atoms with Crippen molar-refractivity contribution < 1.29 is 21.9 Å². The Morgan fingerprint density at radius 2 is 1.90 bits per heavy atom. The van der Waals surface area contributed by atoms with E-state index in [2.05, 4.69) is 0 Å². The molecule has 2 atom stereocenters. The van der Waals surface area contributed by atoms with Gasteiger partial charge in [0, 0.05) is 0 Å². The second kappa shape index (κ2) is 5.13. The molecule has 1 aliphatic rings. The largest absolute Gasteiger partial charge is 0.391 e. The van der Waals surface area contributed by atoms with Crippen LogP contribution in [0.3, 0.4) is 0 Å². The molecule has 5 nitrogen and oxygen atoms in total. The Balaban J connectivity index is 2.30. The molecule has 1 aromatic rings. The van der Waals surface area contributed by atoms with E-state index in [1.807, 2.05) is 26.0 Å². The molecule has 1 saturated heterocycles. The van der Waals surface area contributed by atoms with E-state index in [0.717, 1.165) is 11.1 Å². The molecule has 1 N–H and O–H groups in total. The topological polar surface area (TPSA) is 88.5 Å². The summed E-state index contributed by atoms with van der Waals surface area (Å²) >= 11 is 0. The zero-order valence-corrected chi connectivity index (χ0v) is 13.0. The fourth-order valence-electron chi connectivity index (χ4n) is 2.42. The molecule has 7 heteroatoms. The van der Waals surface area contributed by atoms with Crippen molar-refractivity contribution in [1.29, 1.82) is 0 Å². The van der Waals surface area contributed by atoms with Gasteiger partial charge in [-0.1, -0.05) is 23.8 Å². The molecule has 0 aromatic heterocycles. The summed E-state index contributed by atoms with van der Waals surface area (Å²) in [4.78, 5) is 0. The summed E-state index contributed by atoms with van der Waals surface area (Å²) < 4.78 is 47.6. The number of aliphatic hydroxyl groups excluding tert-OH is 1. The first-order valence-electron chi connectivity index (χ1n) is 6.27. The maximum absolute atomic E-state index is 12.3. The molecule has 0 unspecified atom stereocenters. The Labute approximate surface area is 119 Å². The van der Waals surface area contributed by atoms with Crippen LogP contribution < -0.4 is 0 Å². The molecule has 1 aromatic carbocycles. The highest BCUT2D eigenvalue weighted by Gasteiger charge is 2.44. The molecule has 1 fully saturated rings. The standard InChI is InChI=1S/C13H18O5S2/c1-9-3-4-10(2)11(5-9)6-20(17,18)13-8-19(15,16)7-12(13)14/h3-5,12-14H,6-8H2,1-2H3/t12-,13-/m0/s1. The highest BCUT2D eigenvalue weighted by Crippen LogP contribution is 2.24. The number of benzene rings is 1. The van der Waals surface area contributed by atoms with Gasteiger partial charge in [0.15, 0.2) is 19.7 Å². The van der Waals surface area contributed by atoms with Gasteiger partial charge in [0.2, 0.25) is 0 Å². The maximum Gasteiger partial charge on any atom is 0.160 e. The van der Waals surface area contributed by atoms with E-state index in [-0.39, 0.29) is 5.75 Å². The van der Waals surface area contributed by atoms with Crippen molar-refractivity contribution in [2.45, 2.75) is 31.0 Å². The zero-order chi connectivity index (χ0) is 15.1. The first kappa shape index (κ1) is 15.5. The number of aryl methyl sites for hydroxylation is 2. The number of sulfone groups is 2. The molecule has 0 aliphatic carbocycles. The quantitative estimate of drug-likeness (QED) is 0.870. The Bertz CT molecular complexity index is 719. The SMILES string of the molecule is Cc1ccc(C)c(CS(=O)(=O)[C@H]2CS(=O)(=O)C[C@@H]2O)c1. The van der Waals surface area contributed by atoms with Gasteiger partial charge in [-0.05, 0) is 25.0 Å². The van der Waals surface area contributed by atoms with Crippen LogP contribution in [0, 0.1) is 13.8 Å². The number of hydrogen-bond acceptors (Lipinski definition) is 5. The fraction of sp³-hybridized carbons (Fsp3) is 0.538. The molecule has 0 bridgehead atoms. The lowest BCUT2D eigenvalue weighted by atomic mass is 10.1. The van der Waals surface area contributed by atoms with Gasteiger partial charge in [0.25, 0.3) is 0 Å². The molecular formula is C13H18O5S2. The van der Waals surface area contributed by atoms with Gasteiger partial charge in [0.1, 0.15) is 5.25 Å². The molecule has 0 radical (unpaired) electrons. The van der Waals surface area contributed by atoms with Crippen LogP contribution in [-0.4, -0.2) is 44.8 Å². The third kappa shape index (κ3) is 3.21. The van der Waals surface area contributed by atoms with E-state index in [9.17, 15) is 21.9 Å². The summed E-state index contributed by atoms with van der Waals surface area (Å²) in [5.41, 5.74) is 2.44. The van der Waals surface area contributed by atoms with Crippen LogP contribution in [0.5, 0.6) is 0 Å². The van der Waals surface area contributed by atoms with E-state index < -0.39 is 42.5 Å². The van der Waals surface area contributed by atoms with Crippen molar-refractivity contribution in [3.63, 3.8) is 0 Å². The first-order valence-corrected chi connectivity index (χ1v) is 9.80. The van der Waals surface area contributed by atoms with E-state index in [1.54, 1.807) is 6.07 Å². The predicted molar refractivity (Wildman–Crippen MR) is 77.0 cm³/mol. The van der Waals surface area contributed by atoms with Gasteiger partial charge in [-0.2, -0.15) is 0 Å². The van der Waals surface area contributed by atoms with Crippen molar-refractivity contribution in [1.82, 2.24) is 0 Å². The molecular weight excluding hydrogens is 300 g/mol. The minimum Gasteiger partial charge on any atom is -0.391 e. The summed E-state index contributed by atoms with van der Waals surface area (Å²) in [5.74, 6) is -1.19. The Morgan fingerprint density at radius 3 is 2.45 bits per heavy atom. The molecule has 1 aliphatic heterocycles. The van der Waals surface area contributed by atoms with E-state index in [4.69, 9.17) is 0 Å². The van der Waals surface area contributed by atoms with E-state index in [1.165, 1.54) is 0 Å². The monoisotopic (exact) mass is 318 g/mol. The minimum atomic E-state index is -3.70. The van der Waals surface area contributed by atoms with Crippen LogP contribution in [-0.2, 0) is 25.4 Å². The van der Waals surface area contributed by atoms with Gasteiger partial charge in [-0.25, -0.2) is 16.8 Å². The summed E-state index contributed by atoms with van der Waals surface area (Å²) in [7, 11) is -7.17. The van der Waals surface area contributed by atoms with Crippen molar-refractivity contribution in [2.75, 3.05) is 11.5 Å². The van der Waals surface area contributed by atoms with Gasteiger partial charge in [-0.15, -0.1) is 0 Å². The van der Waals surface area contributed by atoms with Crippen LogP contribution in [0.4, 0.5) is 0 Å². The van der Waals surface area contributed by atoms with Crippen LogP contribution in [0.1, 0.15) is 16.7 Å². The third-order valence-corrected chi connectivity index (χ3v) is 7.64. The molecule has 2 rings (SSSR count). The molecule has 1 heterocycles. The number of hydrogen-bond donors (Lipinski definition) is 1. The van der Waals surface area contributed by atoms with Gasteiger partial charge in [-0.3, -0.25) is 0 Å². The van der Waals surface area contributed by atoms with E-state index >= 15 is 0 Å². The maximum atomic E-state index is 12.3.